The van der Waals surface area contributed by atoms with Crippen molar-refractivity contribution in [1.29, 1.82) is 0 Å². The molecule has 3 fully saturated rings. The summed E-state index contributed by atoms with van der Waals surface area (Å²) in [6.45, 7) is -2.07. The molecule has 0 spiro atoms. The van der Waals surface area contributed by atoms with E-state index in [4.69, 9.17) is 39.9 Å². The molecule has 3 aliphatic heterocycles. The summed E-state index contributed by atoms with van der Waals surface area (Å²) in [6.07, 6.45) is -22.0. The quantitative estimate of drug-likeness (QED) is 0.0884. The Morgan fingerprint density at radius 2 is 1.07 bits per heavy atom. The minimum absolute atomic E-state index is 0. The molecule has 238 valence electrons. The maximum absolute atomic E-state index is 10.9. The molecule has 19 heteroatoms. The Labute approximate surface area is 309 Å². The van der Waals surface area contributed by atoms with E-state index in [0.717, 1.165) is 0 Å². The fourth-order valence-corrected chi connectivity index (χ4v) is 4.47. The van der Waals surface area contributed by atoms with Crippen LogP contribution < -0.4 is 0 Å². The normalized spacial score (nSPS) is 44.7. The van der Waals surface area contributed by atoms with Gasteiger partial charge < -0.3 is 85.8 Å². The van der Waals surface area contributed by atoms with E-state index in [0.29, 0.717) is 6.42 Å². The van der Waals surface area contributed by atoms with Crippen LogP contribution in [0.25, 0.3) is 11.5 Å². The summed E-state index contributed by atoms with van der Waals surface area (Å²) in [4.78, 5) is 0. The molecule has 11 N–H and O–H groups in total. The van der Waals surface area contributed by atoms with Gasteiger partial charge in [0.2, 0.25) is 0 Å². The van der Waals surface area contributed by atoms with Crippen molar-refractivity contribution < 1.29 is 163 Å². The van der Waals surface area contributed by atoms with E-state index in [1.807, 2.05) is 0 Å². The van der Waals surface area contributed by atoms with Crippen molar-refractivity contribution in [2.24, 2.45) is 0 Å². The molecule has 2 radical (unpaired) electrons. The van der Waals surface area contributed by atoms with Gasteiger partial charge in [-0.25, -0.2) is 0 Å². The number of nitrogens with one attached hydrogen (secondary N) is 2. The van der Waals surface area contributed by atoms with E-state index in [1.165, 1.54) is 0 Å². The zero-order valence-electron chi connectivity index (χ0n) is 21.5. The van der Waals surface area contributed by atoms with Crippen LogP contribution in [0.5, 0.6) is 0 Å². The van der Waals surface area contributed by atoms with Crippen LogP contribution in [0.1, 0.15) is 13.8 Å². The largest absolute Gasteiger partial charge is 0.677 e. The number of aliphatic hydroxyl groups is 9. The van der Waals surface area contributed by atoms with E-state index in [1.54, 1.807) is 0 Å². The maximum Gasteiger partial charge on any atom is 0.187 e. The van der Waals surface area contributed by atoms with Crippen molar-refractivity contribution in [2.45, 2.75) is 106 Å². The van der Waals surface area contributed by atoms with E-state index in [9.17, 15) is 46.0 Å². The second kappa shape index (κ2) is 20.4. The molecule has 17 nitrogen and oxygen atoms in total. The van der Waals surface area contributed by atoms with Crippen LogP contribution >= 0.6 is 0 Å². The number of ether oxygens (including phenoxy) is 6. The molecule has 3 saturated heterocycles. The van der Waals surface area contributed by atoms with Gasteiger partial charge >= 0.3 is 0 Å². The van der Waals surface area contributed by atoms with Gasteiger partial charge in [-0.3, -0.25) is 0 Å². The molecule has 0 amide bonds. The first-order valence-corrected chi connectivity index (χ1v) is 12.2. The predicted molar refractivity (Wildman–Crippen MR) is 128 cm³/mol. The molecule has 3 aliphatic rings. The SMILES string of the molecule is C.[Ac].[Ac].[NH-]CCCOC1OC(CO)C(OC2OC(CO)C(O)C(OC3OC(CO)C(O)C(O)C3O)C2O)C(O)C1[NH-]. The Morgan fingerprint density at radius 1 is 0.585 bits per heavy atom. The maximum atomic E-state index is 10.9. The standard InChI is InChI=1S/C21H38N2O15.CH4.2Ac/c22-2-1-3-33-19-10(23)13(29)17(9(6-26)36-19)37-21-16(32)18(12(28)8(5-25)35-21)38-20-15(31)14(30)11(27)7(4-24)34-20;;;/h7-32H,1-6H2;1H4;;/q-2;;;. The van der Waals surface area contributed by atoms with Gasteiger partial charge in [-0.2, -0.15) is 0 Å². The van der Waals surface area contributed by atoms with Gasteiger partial charge in [-0.1, -0.05) is 13.5 Å². The summed E-state index contributed by atoms with van der Waals surface area (Å²) in [5.41, 5.74) is 15.4. The van der Waals surface area contributed by atoms with E-state index in [-0.39, 0.29) is 109 Å². The molecule has 0 aromatic rings. The predicted octanol–water partition coefficient (Wildman–Crippen LogP) is -4.41. The third-order valence-electron chi connectivity index (χ3n) is 6.71. The van der Waals surface area contributed by atoms with Gasteiger partial charge in [0.15, 0.2) is 12.6 Å². The molecule has 0 aliphatic carbocycles. The topological polar surface area (TPSA) is 285 Å². The first-order chi connectivity index (χ1) is 18.1. The van der Waals surface area contributed by atoms with Gasteiger partial charge in [-0.15, -0.1) is 6.54 Å². The van der Waals surface area contributed by atoms with Crippen LogP contribution in [0.4, 0.5) is 0 Å². The first-order valence-electron chi connectivity index (χ1n) is 12.2. The van der Waals surface area contributed by atoms with Crippen LogP contribution in [-0.4, -0.2) is 171 Å². The Balaban J connectivity index is 0.00000533. The minimum Gasteiger partial charge on any atom is -0.677 e. The molecule has 0 bridgehead atoms. The zero-order valence-corrected chi connectivity index (χ0v) is 31.0. The summed E-state index contributed by atoms with van der Waals surface area (Å²) in [5, 5.41) is 91.3. The monoisotopic (exact) mass is 1030 g/mol. The van der Waals surface area contributed by atoms with Gasteiger partial charge in [0.05, 0.1) is 25.9 Å². The Morgan fingerprint density at radius 3 is 1.61 bits per heavy atom. The molecule has 3 rings (SSSR count). The molecular weight excluding hydrogens is 986 g/mol. The zero-order chi connectivity index (χ0) is 28.1. The minimum atomic E-state index is -1.87. The molecular formula is C22H42Ac2N2O15-2. The summed E-state index contributed by atoms with van der Waals surface area (Å²) in [6, 6.07) is -1.41. The molecule has 3 heterocycles. The average Bonchev–Trinajstić information content (AvgIpc) is 2.91. The summed E-state index contributed by atoms with van der Waals surface area (Å²) >= 11 is 0. The molecule has 0 aromatic heterocycles. The Kier molecular flexibility index (Phi) is 21.5. The molecule has 0 saturated carbocycles. The molecule has 15 unspecified atom stereocenters. The third-order valence-corrected chi connectivity index (χ3v) is 6.71. The number of rotatable bonds is 11. The summed E-state index contributed by atoms with van der Waals surface area (Å²) in [5.74, 6) is 0. The molecule has 41 heavy (non-hydrogen) atoms. The Bertz CT molecular complexity index is 720. The van der Waals surface area contributed by atoms with Crippen LogP contribution in [-0.2, 0) is 28.4 Å². The van der Waals surface area contributed by atoms with Crippen molar-refractivity contribution in [3.63, 3.8) is 0 Å². The van der Waals surface area contributed by atoms with E-state index in [2.05, 4.69) is 0 Å². The van der Waals surface area contributed by atoms with Crippen molar-refractivity contribution in [2.75, 3.05) is 33.0 Å². The van der Waals surface area contributed by atoms with Crippen LogP contribution in [0.3, 0.4) is 0 Å². The van der Waals surface area contributed by atoms with E-state index < -0.39 is 112 Å². The second-order valence-corrected chi connectivity index (χ2v) is 9.32. The van der Waals surface area contributed by atoms with Gasteiger partial charge in [0.25, 0.3) is 0 Å². The van der Waals surface area contributed by atoms with Crippen molar-refractivity contribution in [3.05, 3.63) is 11.5 Å². The van der Waals surface area contributed by atoms with E-state index >= 15 is 0 Å². The fraction of sp³-hybridized carbons (Fsp3) is 1.00. The van der Waals surface area contributed by atoms with Crippen LogP contribution in [0.15, 0.2) is 0 Å². The van der Waals surface area contributed by atoms with Crippen LogP contribution in [0, 0.1) is 88.1 Å². The van der Waals surface area contributed by atoms with Crippen molar-refractivity contribution >= 4 is 0 Å². The third kappa shape index (κ3) is 10.3. The first kappa shape index (κ1) is 43.2. The van der Waals surface area contributed by atoms with Gasteiger partial charge in [0.1, 0.15) is 67.3 Å². The number of hydrogen-bond donors (Lipinski definition) is 9. The van der Waals surface area contributed by atoms with Crippen LogP contribution in [0.2, 0.25) is 0 Å². The summed E-state index contributed by atoms with van der Waals surface area (Å²) < 4.78 is 32.8. The second-order valence-electron chi connectivity index (χ2n) is 9.32. The average molecular weight is 1030 g/mol. The van der Waals surface area contributed by atoms with Crippen molar-refractivity contribution in [1.82, 2.24) is 0 Å². The summed E-state index contributed by atoms with van der Waals surface area (Å²) in [7, 11) is 0. The molecule has 15 atom stereocenters. The Hall–Kier alpha value is 2.20. The smallest absolute Gasteiger partial charge is 0.187 e. The van der Waals surface area contributed by atoms with Gasteiger partial charge in [-0.05, 0) is 6.42 Å². The number of hydrogen-bond acceptors (Lipinski definition) is 15. The number of aliphatic hydroxyl groups excluding tert-OH is 9. The fourth-order valence-electron chi connectivity index (χ4n) is 4.47. The van der Waals surface area contributed by atoms with Crippen molar-refractivity contribution in [3.8, 4) is 0 Å². The molecule has 0 aromatic carbocycles. The van der Waals surface area contributed by atoms with Gasteiger partial charge in [0, 0.05) is 94.7 Å².